The number of carboxylic acids is 1. The number of halogens is 1. The minimum Gasteiger partial charge on any atom is -0.480 e. The van der Waals surface area contributed by atoms with Crippen LogP contribution in [0, 0.1) is 5.82 Å². The van der Waals surface area contributed by atoms with E-state index in [0.29, 0.717) is 6.07 Å². The van der Waals surface area contributed by atoms with Crippen LogP contribution in [0.15, 0.2) is 23.1 Å². The first-order chi connectivity index (χ1) is 9.57. The van der Waals surface area contributed by atoms with Crippen LogP contribution in [0.1, 0.15) is 6.92 Å². The Kier molecular flexibility index (Phi) is 5.25. The monoisotopic (exact) mass is 340 g/mol. The Morgan fingerprint density at radius 1 is 1.29 bits per heavy atom. The molecule has 0 aromatic heterocycles. The molecule has 1 aromatic carbocycles. The number of nitrogens with one attached hydrogen (secondary N) is 2. The molecule has 11 heteroatoms. The van der Waals surface area contributed by atoms with E-state index in [1.807, 2.05) is 4.72 Å². The van der Waals surface area contributed by atoms with E-state index in [1.165, 1.54) is 6.92 Å². The van der Waals surface area contributed by atoms with Gasteiger partial charge in [-0.25, -0.2) is 21.2 Å². The average molecular weight is 340 g/mol. The lowest BCUT2D eigenvalue weighted by Crippen LogP contribution is -2.29. The van der Waals surface area contributed by atoms with Crippen molar-refractivity contribution in [3.05, 3.63) is 24.0 Å². The van der Waals surface area contributed by atoms with Gasteiger partial charge in [0.25, 0.3) is 0 Å². The summed E-state index contributed by atoms with van der Waals surface area (Å²) in [4.78, 5) is 9.80. The van der Waals surface area contributed by atoms with Crippen LogP contribution in [0.3, 0.4) is 0 Å². The van der Waals surface area contributed by atoms with Gasteiger partial charge in [0.05, 0.1) is 16.3 Å². The maximum atomic E-state index is 13.7. The van der Waals surface area contributed by atoms with Crippen molar-refractivity contribution in [1.82, 2.24) is 4.72 Å². The van der Waals surface area contributed by atoms with Crippen molar-refractivity contribution >= 4 is 31.7 Å². The van der Waals surface area contributed by atoms with Crippen LogP contribution < -0.4 is 9.44 Å². The smallest absolute Gasteiger partial charge is 0.318 e. The van der Waals surface area contributed by atoms with Gasteiger partial charge in [-0.3, -0.25) is 9.52 Å². The second kappa shape index (κ2) is 6.37. The van der Waals surface area contributed by atoms with E-state index in [2.05, 4.69) is 0 Å². The molecule has 21 heavy (non-hydrogen) atoms. The Morgan fingerprint density at radius 3 is 2.38 bits per heavy atom. The van der Waals surface area contributed by atoms with Gasteiger partial charge in [0, 0.05) is 0 Å². The van der Waals surface area contributed by atoms with Crippen LogP contribution in [-0.4, -0.2) is 40.2 Å². The highest BCUT2D eigenvalue weighted by Crippen LogP contribution is 2.20. The Bertz CT molecular complexity index is 745. The molecule has 0 bridgehead atoms. The highest BCUT2D eigenvalue weighted by molar-refractivity contribution is 7.92. The van der Waals surface area contributed by atoms with E-state index in [1.54, 1.807) is 4.72 Å². The number of carboxylic acid groups (broad SMARTS) is 1. The fourth-order valence-electron chi connectivity index (χ4n) is 1.23. The molecule has 0 unspecified atom stereocenters. The van der Waals surface area contributed by atoms with Crippen molar-refractivity contribution in [2.45, 2.75) is 11.8 Å². The summed E-state index contributed by atoms with van der Waals surface area (Å²) in [5.41, 5.74) is -0.394. The van der Waals surface area contributed by atoms with Crippen LogP contribution in [0.2, 0.25) is 0 Å². The normalized spacial score (nSPS) is 12.1. The Hall–Kier alpha value is -1.72. The zero-order valence-electron chi connectivity index (χ0n) is 10.8. The molecule has 1 rings (SSSR count). The first kappa shape index (κ1) is 17.3. The van der Waals surface area contributed by atoms with E-state index < -0.39 is 49.0 Å². The molecule has 3 N–H and O–H groups in total. The quantitative estimate of drug-likeness (QED) is 0.638. The molecule has 0 atom stereocenters. The lowest BCUT2D eigenvalue weighted by atomic mass is 10.3. The summed E-state index contributed by atoms with van der Waals surface area (Å²) >= 11 is 0. The van der Waals surface area contributed by atoms with Crippen molar-refractivity contribution in [2.75, 3.05) is 17.0 Å². The van der Waals surface area contributed by atoms with Crippen molar-refractivity contribution < 1.29 is 31.1 Å². The molecule has 8 nitrogen and oxygen atoms in total. The van der Waals surface area contributed by atoms with E-state index in [0.717, 1.165) is 12.1 Å². The van der Waals surface area contributed by atoms with Crippen LogP contribution in [-0.2, 0) is 24.8 Å². The average Bonchev–Trinajstić information content (AvgIpc) is 2.38. The van der Waals surface area contributed by atoms with Crippen molar-refractivity contribution in [3.63, 3.8) is 0 Å². The third-order valence-corrected chi connectivity index (χ3v) is 5.00. The number of anilines is 1. The standard InChI is InChI=1S/C10H13FN2O6S2/c1-2-20(16,17)13-9-4-3-7(5-8(9)11)21(18,19)12-6-10(14)15/h3-5,12-13H,2,6H2,1H3,(H,14,15). The van der Waals surface area contributed by atoms with Gasteiger partial charge in [0.2, 0.25) is 20.0 Å². The molecular formula is C10H13FN2O6S2. The third kappa shape index (κ3) is 4.95. The molecule has 0 radical (unpaired) electrons. The Balaban J connectivity index is 3.05. The summed E-state index contributed by atoms with van der Waals surface area (Å²) in [6.07, 6.45) is 0. The van der Waals surface area contributed by atoms with Crippen LogP contribution in [0.5, 0.6) is 0 Å². The van der Waals surface area contributed by atoms with Crippen LogP contribution in [0.4, 0.5) is 10.1 Å². The molecule has 118 valence electrons. The summed E-state index contributed by atoms with van der Waals surface area (Å²) in [5.74, 6) is -2.76. The molecule has 0 heterocycles. The van der Waals surface area contributed by atoms with Crippen molar-refractivity contribution in [1.29, 1.82) is 0 Å². The number of aliphatic carboxylic acids is 1. The minimum absolute atomic E-state index is 0.271. The highest BCUT2D eigenvalue weighted by atomic mass is 32.2. The summed E-state index contributed by atoms with van der Waals surface area (Å²) in [7, 11) is -7.89. The number of carbonyl (C=O) groups is 1. The predicted molar refractivity (Wildman–Crippen MR) is 72.3 cm³/mol. The maximum absolute atomic E-state index is 13.7. The number of sulfonamides is 2. The lowest BCUT2D eigenvalue weighted by Gasteiger charge is -2.09. The highest BCUT2D eigenvalue weighted by Gasteiger charge is 2.18. The molecule has 0 amide bonds. The van der Waals surface area contributed by atoms with Crippen LogP contribution >= 0.6 is 0 Å². The summed E-state index contributed by atoms with van der Waals surface area (Å²) in [6, 6.07) is 2.50. The fourth-order valence-corrected chi connectivity index (χ4v) is 2.86. The molecule has 1 aromatic rings. The summed E-state index contributed by atoms with van der Waals surface area (Å²) < 4.78 is 63.3. The minimum atomic E-state index is -4.19. The van der Waals surface area contributed by atoms with Crippen LogP contribution in [0.25, 0.3) is 0 Å². The van der Waals surface area contributed by atoms with Crippen molar-refractivity contribution in [3.8, 4) is 0 Å². The number of hydrogen-bond acceptors (Lipinski definition) is 5. The first-order valence-corrected chi connectivity index (χ1v) is 8.72. The summed E-state index contributed by atoms with van der Waals surface area (Å²) in [5, 5.41) is 8.40. The zero-order chi connectivity index (χ0) is 16.3. The molecule has 0 saturated heterocycles. The molecule has 0 aliphatic rings. The van der Waals surface area contributed by atoms with Crippen molar-refractivity contribution in [2.24, 2.45) is 0 Å². The molecule has 0 aliphatic carbocycles. The van der Waals surface area contributed by atoms with Gasteiger partial charge >= 0.3 is 5.97 Å². The van der Waals surface area contributed by atoms with Gasteiger partial charge in [-0.1, -0.05) is 0 Å². The SMILES string of the molecule is CCS(=O)(=O)Nc1ccc(S(=O)(=O)NCC(=O)O)cc1F. The second-order valence-corrected chi connectivity index (χ2v) is 7.64. The van der Waals surface area contributed by atoms with E-state index >= 15 is 0 Å². The predicted octanol–water partition coefficient (Wildman–Crippen LogP) is -0.0498. The number of benzene rings is 1. The third-order valence-electron chi connectivity index (χ3n) is 2.31. The molecule has 0 spiro atoms. The fraction of sp³-hybridized carbons (Fsp3) is 0.300. The largest absolute Gasteiger partial charge is 0.480 e. The Labute approximate surface area is 121 Å². The molecule has 0 saturated carbocycles. The Morgan fingerprint density at radius 2 is 1.90 bits per heavy atom. The van der Waals surface area contributed by atoms with E-state index in [9.17, 15) is 26.0 Å². The second-order valence-electron chi connectivity index (χ2n) is 3.87. The maximum Gasteiger partial charge on any atom is 0.318 e. The first-order valence-electron chi connectivity index (χ1n) is 5.59. The number of rotatable bonds is 7. The van der Waals surface area contributed by atoms with Gasteiger partial charge in [-0.2, -0.15) is 4.72 Å². The van der Waals surface area contributed by atoms with Gasteiger partial charge in [0.15, 0.2) is 0 Å². The number of hydrogen-bond donors (Lipinski definition) is 3. The molecule has 0 fully saturated rings. The van der Waals surface area contributed by atoms with E-state index in [-0.39, 0.29) is 5.75 Å². The molecule has 0 aliphatic heterocycles. The van der Waals surface area contributed by atoms with Gasteiger partial charge in [0.1, 0.15) is 12.4 Å². The topological polar surface area (TPSA) is 130 Å². The molecular weight excluding hydrogens is 327 g/mol. The zero-order valence-corrected chi connectivity index (χ0v) is 12.5. The van der Waals surface area contributed by atoms with Gasteiger partial charge < -0.3 is 5.11 Å². The van der Waals surface area contributed by atoms with Gasteiger partial charge in [-0.05, 0) is 25.1 Å². The van der Waals surface area contributed by atoms with E-state index in [4.69, 9.17) is 5.11 Å². The van der Waals surface area contributed by atoms with Gasteiger partial charge in [-0.15, -0.1) is 0 Å². The summed E-state index contributed by atoms with van der Waals surface area (Å²) in [6.45, 7) is 0.503. The lowest BCUT2D eigenvalue weighted by molar-refractivity contribution is -0.135.